The van der Waals surface area contributed by atoms with Crippen molar-refractivity contribution in [2.75, 3.05) is 5.73 Å². The summed E-state index contributed by atoms with van der Waals surface area (Å²) in [4.78, 5) is 11.9. The molecule has 2 rings (SSSR count). The Morgan fingerprint density at radius 2 is 2.35 bits per heavy atom. The van der Waals surface area contributed by atoms with Crippen LogP contribution in [0.5, 0.6) is 0 Å². The molecule has 0 radical (unpaired) electrons. The Kier molecular flexibility index (Phi) is 3.35. The van der Waals surface area contributed by atoms with Crippen LogP contribution >= 0.6 is 12.2 Å². The lowest BCUT2D eigenvalue weighted by atomic mass is 10.1. The molecule has 0 bridgehead atoms. The van der Waals surface area contributed by atoms with Crippen LogP contribution in [0.25, 0.3) is 0 Å². The van der Waals surface area contributed by atoms with Gasteiger partial charge in [-0.2, -0.15) is 0 Å². The first-order valence-corrected chi connectivity index (χ1v) is 5.58. The molecule has 1 aliphatic heterocycles. The fourth-order valence-corrected chi connectivity index (χ4v) is 1.95. The molecule has 0 aliphatic carbocycles. The standard InChI is InChI=1S/C11H12FN3OS/c12-7-2-1-6(8(13)3-7)5-14-9-4-10(17)15-11(9)16/h1-3,9,14H,4-5,13H2,(H,15,16,17). The van der Waals surface area contributed by atoms with Crippen molar-refractivity contribution in [2.24, 2.45) is 0 Å². The van der Waals surface area contributed by atoms with E-state index in [-0.39, 0.29) is 17.8 Å². The number of carbonyl (C=O) groups is 1. The van der Waals surface area contributed by atoms with Gasteiger partial charge in [0.25, 0.3) is 0 Å². The number of thiocarbonyl (C=S) groups is 1. The van der Waals surface area contributed by atoms with E-state index < -0.39 is 0 Å². The van der Waals surface area contributed by atoms with Gasteiger partial charge in [0.2, 0.25) is 5.91 Å². The first-order valence-electron chi connectivity index (χ1n) is 5.17. The smallest absolute Gasteiger partial charge is 0.242 e. The van der Waals surface area contributed by atoms with Crippen LogP contribution in [-0.4, -0.2) is 16.9 Å². The fourth-order valence-electron chi connectivity index (χ4n) is 1.68. The number of hydrogen-bond donors (Lipinski definition) is 3. The van der Waals surface area contributed by atoms with Crippen molar-refractivity contribution in [1.29, 1.82) is 0 Å². The third-order valence-corrected chi connectivity index (χ3v) is 2.88. The first kappa shape index (κ1) is 11.9. The van der Waals surface area contributed by atoms with Crippen LogP contribution in [-0.2, 0) is 11.3 Å². The van der Waals surface area contributed by atoms with Gasteiger partial charge in [-0.25, -0.2) is 4.39 Å². The zero-order chi connectivity index (χ0) is 12.4. The number of hydrogen-bond acceptors (Lipinski definition) is 4. The van der Waals surface area contributed by atoms with Gasteiger partial charge in [0.1, 0.15) is 5.82 Å². The molecule has 1 fully saturated rings. The van der Waals surface area contributed by atoms with Gasteiger partial charge >= 0.3 is 0 Å². The molecule has 6 heteroatoms. The molecule has 1 atom stereocenters. The molecule has 1 heterocycles. The lowest BCUT2D eigenvalue weighted by Gasteiger charge is -2.11. The molecule has 1 aromatic rings. The van der Waals surface area contributed by atoms with E-state index in [1.54, 1.807) is 6.07 Å². The highest BCUT2D eigenvalue weighted by molar-refractivity contribution is 7.80. The summed E-state index contributed by atoms with van der Waals surface area (Å²) in [5, 5.41) is 5.60. The maximum Gasteiger partial charge on any atom is 0.242 e. The van der Waals surface area contributed by atoms with Crippen molar-refractivity contribution in [3.8, 4) is 0 Å². The maximum absolute atomic E-state index is 12.8. The van der Waals surface area contributed by atoms with E-state index in [0.29, 0.717) is 23.6 Å². The largest absolute Gasteiger partial charge is 0.398 e. The molecule has 1 saturated heterocycles. The molecule has 17 heavy (non-hydrogen) atoms. The average Bonchev–Trinajstić information content (AvgIpc) is 2.56. The molecule has 0 spiro atoms. The van der Waals surface area contributed by atoms with E-state index in [0.717, 1.165) is 5.56 Å². The number of halogens is 1. The number of anilines is 1. The third kappa shape index (κ3) is 2.78. The third-order valence-electron chi connectivity index (χ3n) is 2.62. The number of rotatable bonds is 3. The number of amides is 1. The summed E-state index contributed by atoms with van der Waals surface area (Å²) in [6.45, 7) is 0.410. The number of nitrogens with one attached hydrogen (secondary N) is 2. The van der Waals surface area contributed by atoms with Gasteiger partial charge in [-0.1, -0.05) is 18.3 Å². The summed E-state index contributed by atoms with van der Waals surface area (Å²) in [6.07, 6.45) is 0.495. The summed E-state index contributed by atoms with van der Waals surface area (Å²) in [5.41, 5.74) is 6.80. The lowest BCUT2D eigenvalue weighted by molar-refractivity contribution is -0.120. The molecule has 90 valence electrons. The Labute approximate surface area is 103 Å². The van der Waals surface area contributed by atoms with Gasteiger partial charge in [-0.15, -0.1) is 0 Å². The van der Waals surface area contributed by atoms with Crippen molar-refractivity contribution < 1.29 is 9.18 Å². The quantitative estimate of drug-likeness (QED) is 0.548. The molecule has 1 amide bonds. The zero-order valence-corrected chi connectivity index (χ0v) is 9.81. The summed E-state index contributed by atoms with van der Waals surface area (Å²) >= 11 is 4.90. The molecule has 0 aromatic heterocycles. The van der Waals surface area contributed by atoms with Crippen molar-refractivity contribution in [3.05, 3.63) is 29.6 Å². The highest BCUT2D eigenvalue weighted by Crippen LogP contribution is 2.14. The Bertz CT molecular complexity index is 478. The monoisotopic (exact) mass is 253 g/mol. The molecule has 4 N–H and O–H groups in total. The van der Waals surface area contributed by atoms with Crippen molar-refractivity contribution in [2.45, 2.75) is 19.0 Å². The van der Waals surface area contributed by atoms with E-state index >= 15 is 0 Å². The van der Waals surface area contributed by atoms with Crippen molar-refractivity contribution >= 4 is 28.8 Å². The van der Waals surface area contributed by atoms with Crippen LogP contribution in [0.1, 0.15) is 12.0 Å². The van der Waals surface area contributed by atoms with Crippen LogP contribution in [0.4, 0.5) is 10.1 Å². The Morgan fingerprint density at radius 3 is 2.94 bits per heavy atom. The van der Waals surface area contributed by atoms with Crippen molar-refractivity contribution in [3.63, 3.8) is 0 Å². The van der Waals surface area contributed by atoms with Gasteiger partial charge < -0.3 is 16.4 Å². The maximum atomic E-state index is 12.8. The molecule has 1 aromatic carbocycles. The summed E-state index contributed by atoms with van der Waals surface area (Å²) in [6, 6.07) is 3.87. The molecular formula is C11H12FN3OS. The number of carbonyl (C=O) groups excluding carboxylic acids is 1. The van der Waals surface area contributed by atoms with E-state index in [4.69, 9.17) is 18.0 Å². The van der Waals surface area contributed by atoms with Crippen LogP contribution < -0.4 is 16.4 Å². The predicted molar refractivity (Wildman–Crippen MR) is 66.8 cm³/mol. The normalized spacial score (nSPS) is 19.5. The fraction of sp³-hybridized carbons (Fsp3) is 0.273. The van der Waals surface area contributed by atoms with Crippen LogP contribution in [0.15, 0.2) is 18.2 Å². The summed E-state index contributed by atoms with van der Waals surface area (Å²) in [5.74, 6) is -0.498. The van der Waals surface area contributed by atoms with E-state index in [2.05, 4.69) is 10.6 Å². The number of nitrogens with two attached hydrogens (primary N) is 1. The van der Waals surface area contributed by atoms with Gasteiger partial charge in [-0.05, 0) is 17.7 Å². The Hall–Kier alpha value is -1.53. The number of benzene rings is 1. The minimum Gasteiger partial charge on any atom is -0.398 e. The Balaban J connectivity index is 1.98. The molecule has 4 nitrogen and oxygen atoms in total. The highest BCUT2D eigenvalue weighted by Gasteiger charge is 2.27. The summed E-state index contributed by atoms with van der Waals surface area (Å²) in [7, 11) is 0. The van der Waals surface area contributed by atoms with Gasteiger partial charge in [0.05, 0.1) is 11.0 Å². The van der Waals surface area contributed by atoms with Crippen LogP contribution in [0.2, 0.25) is 0 Å². The van der Waals surface area contributed by atoms with E-state index in [9.17, 15) is 9.18 Å². The topological polar surface area (TPSA) is 67.2 Å². The Morgan fingerprint density at radius 1 is 1.59 bits per heavy atom. The van der Waals surface area contributed by atoms with Crippen LogP contribution in [0.3, 0.4) is 0 Å². The lowest BCUT2D eigenvalue weighted by Crippen LogP contribution is -2.35. The second-order valence-electron chi connectivity index (χ2n) is 3.89. The summed E-state index contributed by atoms with van der Waals surface area (Å²) < 4.78 is 12.8. The highest BCUT2D eigenvalue weighted by atomic mass is 32.1. The van der Waals surface area contributed by atoms with Crippen molar-refractivity contribution in [1.82, 2.24) is 10.6 Å². The second kappa shape index (κ2) is 4.77. The van der Waals surface area contributed by atoms with Gasteiger partial charge in [-0.3, -0.25) is 4.79 Å². The van der Waals surface area contributed by atoms with E-state index in [1.165, 1.54) is 12.1 Å². The minimum atomic E-state index is -0.369. The van der Waals surface area contributed by atoms with E-state index in [1.807, 2.05) is 0 Å². The molecule has 1 unspecified atom stereocenters. The van der Waals surface area contributed by atoms with Gasteiger partial charge in [0, 0.05) is 18.7 Å². The average molecular weight is 253 g/mol. The SMILES string of the molecule is Nc1cc(F)ccc1CNC1CC(=S)NC1=O. The predicted octanol–water partition coefficient (Wildman–Crippen LogP) is 0.713. The molecule has 0 saturated carbocycles. The minimum absolute atomic E-state index is 0.129. The number of nitrogen functional groups attached to an aromatic ring is 1. The molecule has 1 aliphatic rings. The van der Waals surface area contributed by atoms with Gasteiger partial charge in [0.15, 0.2) is 0 Å². The second-order valence-corrected chi connectivity index (χ2v) is 4.39. The van der Waals surface area contributed by atoms with Crippen LogP contribution in [0, 0.1) is 5.82 Å². The molecular weight excluding hydrogens is 241 g/mol. The zero-order valence-electron chi connectivity index (χ0n) is 9.00. The first-order chi connectivity index (χ1) is 8.06.